The second-order valence-corrected chi connectivity index (χ2v) is 6.58. The topological polar surface area (TPSA) is 32.3 Å². The van der Waals surface area contributed by atoms with Gasteiger partial charge >= 0.3 is 0 Å². The third-order valence-electron chi connectivity index (χ3n) is 5.50. The zero-order valence-electron chi connectivity index (χ0n) is 13.2. The van der Waals surface area contributed by atoms with Crippen LogP contribution in [0.5, 0.6) is 0 Å². The van der Waals surface area contributed by atoms with Crippen LogP contribution < -0.4 is 5.32 Å². The summed E-state index contributed by atoms with van der Waals surface area (Å²) in [6.45, 7) is 3.95. The standard InChI is InChI=1S/C18H26N2O/c1-3-18(11-12-19-13-18)17(21)20(2)16-10-6-8-14-7-4-5-9-15(14)16/h4-5,7,9,16,19H,3,6,8,10-13H2,1-2H3. The minimum absolute atomic E-state index is 0.179. The van der Waals surface area contributed by atoms with Crippen molar-refractivity contribution in [3.05, 3.63) is 35.4 Å². The molecule has 114 valence electrons. The van der Waals surface area contributed by atoms with Crippen molar-refractivity contribution in [2.45, 2.75) is 45.1 Å². The van der Waals surface area contributed by atoms with E-state index in [0.29, 0.717) is 5.91 Å². The molecule has 3 nitrogen and oxygen atoms in total. The summed E-state index contributed by atoms with van der Waals surface area (Å²) in [4.78, 5) is 15.1. The first-order valence-electron chi connectivity index (χ1n) is 8.24. The molecule has 2 aliphatic rings. The van der Waals surface area contributed by atoms with Crippen molar-refractivity contribution in [3.63, 3.8) is 0 Å². The number of benzene rings is 1. The Kier molecular flexibility index (Phi) is 4.03. The quantitative estimate of drug-likeness (QED) is 0.926. The highest BCUT2D eigenvalue weighted by atomic mass is 16.2. The molecule has 3 rings (SSSR count). The number of hydrogen-bond acceptors (Lipinski definition) is 2. The molecule has 21 heavy (non-hydrogen) atoms. The lowest BCUT2D eigenvalue weighted by Crippen LogP contribution is -2.45. The van der Waals surface area contributed by atoms with Crippen molar-refractivity contribution in [1.29, 1.82) is 0 Å². The van der Waals surface area contributed by atoms with E-state index in [-0.39, 0.29) is 11.5 Å². The zero-order valence-corrected chi connectivity index (χ0v) is 13.2. The monoisotopic (exact) mass is 286 g/mol. The van der Waals surface area contributed by atoms with E-state index in [0.717, 1.165) is 38.8 Å². The fourth-order valence-corrected chi connectivity index (χ4v) is 4.03. The van der Waals surface area contributed by atoms with E-state index in [1.807, 2.05) is 11.9 Å². The molecule has 0 radical (unpaired) electrons. The number of rotatable bonds is 3. The summed E-state index contributed by atoms with van der Waals surface area (Å²) in [7, 11) is 2.00. The molecule has 1 fully saturated rings. The van der Waals surface area contributed by atoms with E-state index >= 15 is 0 Å². The Bertz CT molecular complexity index is 520. The summed E-state index contributed by atoms with van der Waals surface area (Å²) in [6.07, 6.45) is 5.32. The maximum atomic E-state index is 13.1. The molecule has 0 aromatic heterocycles. The van der Waals surface area contributed by atoms with E-state index in [2.05, 4.69) is 36.5 Å². The van der Waals surface area contributed by atoms with E-state index in [1.54, 1.807) is 0 Å². The van der Waals surface area contributed by atoms with Crippen LogP contribution in [0.3, 0.4) is 0 Å². The molecule has 3 heteroatoms. The molecular formula is C18H26N2O. The predicted molar refractivity (Wildman–Crippen MR) is 85.1 cm³/mol. The minimum Gasteiger partial charge on any atom is -0.338 e. The SMILES string of the molecule is CCC1(C(=O)N(C)C2CCCc3ccccc32)CCNC1. The van der Waals surface area contributed by atoms with Crippen LogP contribution in [0.15, 0.2) is 24.3 Å². The average molecular weight is 286 g/mol. The summed E-state index contributed by atoms with van der Waals surface area (Å²) in [5.41, 5.74) is 2.60. The van der Waals surface area contributed by atoms with Crippen LogP contribution in [0.2, 0.25) is 0 Å². The summed E-state index contributed by atoms with van der Waals surface area (Å²) in [6, 6.07) is 8.88. The van der Waals surface area contributed by atoms with Gasteiger partial charge in [-0.1, -0.05) is 31.2 Å². The molecule has 1 aliphatic carbocycles. The number of amides is 1. The molecule has 1 saturated heterocycles. The van der Waals surface area contributed by atoms with Crippen LogP contribution in [-0.4, -0.2) is 30.9 Å². The Morgan fingerprint density at radius 1 is 1.43 bits per heavy atom. The van der Waals surface area contributed by atoms with Crippen molar-refractivity contribution in [3.8, 4) is 0 Å². The number of carbonyl (C=O) groups is 1. The molecule has 1 N–H and O–H groups in total. The Morgan fingerprint density at radius 2 is 2.24 bits per heavy atom. The minimum atomic E-state index is -0.179. The highest BCUT2D eigenvalue weighted by molar-refractivity contribution is 5.83. The number of fused-ring (bicyclic) bond motifs is 1. The Labute approximate surface area is 127 Å². The van der Waals surface area contributed by atoms with Gasteiger partial charge in [0, 0.05) is 13.6 Å². The van der Waals surface area contributed by atoms with E-state index < -0.39 is 0 Å². The van der Waals surface area contributed by atoms with Gasteiger partial charge in [0.25, 0.3) is 0 Å². The number of nitrogens with one attached hydrogen (secondary N) is 1. The van der Waals surface area contributed by atoms with Crippen molar-refractivity contribution in [2.24, 2.45) is 5.41 Å². The van der Waals surface area contributed by atoms with E-state index in [1.165, 1.54) is 17.5 Å². The summed E-state index contributed by atoms with van der Waals surface area (Å²) < 4.78 is 0. The maximum absolute atomic E-state index is 13.1. The first-order chi connectivity index (χ1) is 10.2. The lowest BCUT2D eigenvalue weighted by Gasteiger charge is -2.38. The van der Waals surface area contributed by atoms with Crippen molar-refractivity contribution >= 4 is 5.91 Å². The largest absolute Gasteiger partial charge is 0.338 e. The zero-order chi connectivity index (χ0) is 14.9. The molecule has 0 spiro atoms. The lowest BCUT2D eigenvalue weighted by atomic mass is 9.80. The Balaban J connectivity index is 1.86. The third kappa shape index (κ3) is 2.48. The number of carbonyl (C=O) groups excluding carboxylic acids is 1. The van der Waals surface area contributed by atoms with Gasteiger partial charge in [0.1, 0.15) is 0 Å². The van der Waals surface area contributed by atoms with Gasteiger partial charge in [0.15, 0.2) is 0 Å². The van der Waals surface area contributed by atoms with Crippen molar-refractivity contribution < 1.29 is 4.79 Å². The van der Waals surface area contributed by atoms with Crippen LogP contribution in [-0.2, 0) is 11.2 Å². The van der Waals surface area contributed by atoms with Crippen molar-refractivity contribution in [2.75, 3.05) is 20.1 Å². The van der Waals surface area contributed by atoms with E-state index in [4.69, 9.17) is 0 Å². The molecule has 1 aliphatic heterocycles. The van der Waals surface area contributed by atoms with Gasteiger partial charge in [-0.3, -0.25) is 4.79 Å². The second-order valence-electron chi connectivity index (χ2n) is 6.58. The van der Waals surface area contributed by atoms with Crippen molar-refractivity contribution in [1.82, 2.24) is 10.2 Å². The van der Waals surface area contributed by atoms with Gasteiger partial charge in [-0.2, -0.15) is 0 Å². The molecule has 1 aromatic carbocycles. The number of hydrogen-bond donors (Lipinski definition) is 1. The van der Waals surface area contributed by atoms with Gasteiger partial charge in [0.05, 0.1) is 11.5 Å². The third-order valence-corrected chi connectivity index (χ3v) is 5.50. The summed E-state index contributed by atoms with van der Waals surface area (Å²) >= 11 is 0. The molecule has 0 saturated carbocycles. The Morgan fingerprint density at radius 3 is 2.95 bits per heavy atom. The normalized spacial score (nSPS) is 28.2. The molecule has 1 aromatic rings. The van der Waals surface area contributed by atoms with E-state index in [9.17, 15) is 4.79 Å². The Hall–Kier alpha value is -1.35. The molecule has 0 bridgehead atoms. The molecule has 2 atom stereocenters. The van der Waals surface area contributed by atoms with Crippen LogP contribution in [0.4, 0.5) is 0 Å². The highest BCUT2D eigenvalue weighted by Crippen LogP contribution is 2.38. The maximum Gasteiger partial charge on any atom is 0.230 e. The van der Waals surface area contributed by atoms with Gasteiger partial charge in [0.2, 0.25) is 5.91 Å². The van der Waals surface area contributed by atoms with Gasteiger partial charge < -0.3 is 10.2 Å². The molecule has 1 heterocycles. The first kappa shape index (κ1) is 14.6. The first-order valence-corrected chi connectivity index (χ1v) is 8.24. The van der Waals surface area contributed by atoms with Crippen LogP contribution in [0, 0.1) is 5.41 Å². The highest BCUT2D eigenvalue weighted by Gasteiger charge is 2.43. The predicted octanol–water partition coefficient (Wildman–Crippen LogP) is 2.91. The fourth-order valence-electron chi connectivity index (χ4n) is 4.03. The van der Waals surface area contributed by atoms with Crippen LogP contribution in [0.1, 0.15) is 49.8 Å². The van der Waals surface area contributed by atoms with Gasteiger partial charge in [-0.25, -0.2) is 0 Å². The van der Waals surface area contributed by atoms with Gasteiger partial charge in [-0.15, -0.1) is 0 Å². The molecular weight excluding hydrogens is 260 g/mol. The smallest absolute Gasteiger partial charge is 0.230 e. The summed E-state index contributed by atoms with van der Waals surface area (Å²) in [5.74, 6) is 0.330. The molecule has 2 unspecified atom stereocenters. The fraction of sp³-hybridized carbons (Fsp3) is 0.611. The lowest BCUT2D eigenvalue weighted by molar-refractivity contribution is -0.142. The van der Waals surface area contributed by atoms with Crippen LogP contribution in [0.25, 0.3) is 0 Å². The molecule has 1 amide bonds. The summed E-state index contributed by atoms with van der Waals surface area (Å²) in [5, 5.41) is 3.37. The number of nitrogens with zero attached hydrogens (tertiary/aromatic N) is 1. The average Bonchev–Trinajstić information content (AvgIpc) is 3.03. The number of aryl methyl sites for hydroxylation is 1. The van der Waals surface area contributed by atoms with Gasteiger partial charge in [-0.05, 0) is 49.8 Å². The van der Waals surface area contributed by atoms with Crippen LogP contribution >= 0.6 is 0 Å². The second kappa shape index (κ2) is 5.80.